The second kappa shape index (κ2) is 6.25. The molecule has 2 aromatic carbocycles. The number of hydrogen-bond acceptors (Lipinski definition) is 5. The molecule has 8 heteroatoms. The third-order valence-corrected chi connectivity index (χ3v) is 4.77. The summed E-state index contributed by atoms with van der Waals surface area (Å²) in [6, 6.07) is 8.93. The summed E-state index contributed by atoms with van der Waals surface area (Å²) in [6.07, 6.45) is 0. The Morgan fingerprint density at radius 3 is 2.26 bits per heavy atom. The maximum atomic E-state index is 12.6. The van der Waals surface area contributed by atoms with Crippen molar-refractivity contribution in [3.05, 3.63) is 57.6 Å². The summed E-state index contributed by atoms with van der Waals surface area (Å²) in [5.74, 6) is 0.211. The average Bonchev–Trinajstić information content (AvgIpc) is 2.50. The molecule has 0 aliphatic rings. The van der Waals surface area contributed by atoms with Crippen LogP contribution in [0.2, 0.25) is 0 Å². The Hall–Kier alpha value is -2.61. The number of aryl methyl sites for hydroxylation is 2. The van der Waals surface area contributed by atoms with Gasteiger partial charge in [0.1, 0.15) is 5.75 Å². The molecule has 0 unspecified atom stereocenters. The van der Waals surface area contributed by atoms with Gasteiger partial charge in [0.2, 0.25) is 0 Å². The van der Waals surface area contributed by atoms with E-state index in [9.17, 15) is 18.5 Å². The second-order valence-electron chi connectivity index (χ2n) is 4.96. The number of sulfonamides is 1. The van der Waals surface area contributed by atoms with Gasteiger partial charge in [-0.1, -0.05) is 18.2 Å². The summed E-state index contributed by atoms with van der Waals surface area (Å²) in [5.41, 5.74) is 1.33. The zero-order chi connectivity index (χ0) is 17.2. The largest absolute Gasteiger partial charge is 0.497 e. The number of nitrogens with one attached hydrogen (secondary N) is 1. The van der Waals surface area contributed by atoms with E-state index in [0.717, 1.165) is 23.3 Å². The molecule has 0 radical (unpaired) electrons. The van der Waals surface area contributed by atoms with Crippen LogP contribution in [0.25, 0.3) is 0 Å². The first-order valence-corrected chi connectivity index (χ1v) is 8.16. The van der Waals surface area contributed by atoms with Crippen molar-refractivity contribution in [2.75, 3.05) is 11.8 Å². The summed E-state index contributed by atoms with van der Waals surface area (Å²) < 4.78 is 32.5. The van der Waals surface area contributed by atoms with E-state index < -0.39 is 25.5 Å². The Morgan fingerprint density at radius 2 is 1.74 bits per heavy atom. The standard InChI is InChI=1S/C15H16N2O5S/c1-10-5-4-6-11(2)15(10)16-23(20,21)14-8-7-12(22-3)9-13(14)17(18)19/h4-9,16H,1-3H3. The number of nitro benzene ring substituents is 1. The van der Waals surface area contributed by atoms with E-state index in [1.807, 2.05) is 0 Å². The zero-order valence-corrected chi connectivity index (χ0v) is 13.7. The van der Waals surface area contributed by atoms with Crippen molar-refractivity contribution in [1.29, 1.82) is 0 Å². The van der Waals surface area contributed by atoms with E-state index in [4.69, 9.17) is 4.74 Å². The highest BCUT2D eigenvalue weighted by Gasteiger charge is 2.27. The van der Waals surface area contributed by atoms with Crippen LogP contribution in [0.5, 0.6) is 5.75 Å². The number of rotatable bonds is 5. The van der Waals surface area contributed by atoms with Crippen LogP contribution in [0, 0.1) is 24.0 Å². The predicted molar refractivity (Wildman–Crippen MR) is 86.4 cm³/mol. The molecule has 1 N–H and O–H groups in total. The topological polar surface area (TPSA) is 98.5 Å². The zero-order valence-electron chi connectivity index (χ0n) is 12.9. The smallest absolute Gasteiger partial charge is 0.293 e. The molecular weight excluding hydrogens is 320 g/mol. The maximum absolute atomic E-state index is 12.6. The van der Waals surface area contributed by atoms with Gasteiger partial charge in [-0.25, -0.2) is 8.42 Å². The average molecular weight is 336 g/mol. The molecule has 0 saturated carbocycles. The Morgan fingerprint density at radius 1 is 1.13 bits per heavy atom. The molecule has 0 saturated heterocycles. The Labute approximate surface area is 134 Å². The molecule has 122 valence electrons. The van der Waals surface area contributed by atoms with E-state index in [0.29, 0.717) is 5.69 Å². The number of para-hydroxylation sites is 1. The SMILES string of the molecule is COc1ccc(S(=O)(=O)Nc2c(C)cccc2C)c([N+](=O)[O-])c1. The van der Waals surface area contributed by atoms with Gasteiger partial charge in [-0.15, -0.1) is 0 Å². The molecule has 0 fully saturated rings. The molecule has 0 heterocycles. The van der Waals surface area contributed by atoms with Crippen molar-refractivity contribution >= 4 is 21.4 Å². The molecule has 7 nitrogen and oxygen atoms in total. The summed E-state index contributed by atoms with van der Waals surface area (Å²) >= 11 is 0. The first-order valence-electron chi connectivity index (χ1n) is 6.67. The molecule has 0 atom stereocenters. The van der Waals surface area contributed by atoms with Gasteiger partial charge >= 0.3 is 0 Å². The molecule has 0 amide bonds. The number of hydrogen-bond donors (Lipinski definition) is 1. The van der Waals surface area contributed by atoms with Gasteiger partial charge in [-0.3, -0.25) is 14.8 Å². The summed E-state index contributed by atoms with van der Waals surface area (Å²) in [6.45, 7) is 3.51. The van der Waals surface area contributed by atoms with Crippen molar-refractivity contribution < 1.29 is 18.1 Å². The maximum Gasteiger partial charge on any atom is 0.293 e. The number of nitro groups is 1. The van der Waals surface area contributed by atoms with Crippen LogP contribution in [-0.4, -0.2) is 20.5 Å². The molecular formula is C15H16N2O5S. The lowest BCUT2D eigenvalue weighted by atomic mass is 10.1. The van der Waals surface area contributed by atoms with Crippen LogP contribution < -0.4 is 9.46 Å². The normalized spacial score (nSPS) is 11.1. The minimum atomic E-state index is -4.11. The molecule has 0 spiro atoms. The van der Waals surface area contributed by atoms with Crippen molar-refractivity contribution in [2.24, 2.45) is 0 Å². The minimum absolute atomic E-state index is 0.211. The number of methoxy groups -OCH3 is 1. The summed E-state index contributed by atoms with van der Waals surface area (Å²) in [7, 11) is -2.76. The van der Waals surface area contributed by atoms with Crippen LogP contribution in [0.3, 0.4) is 0 Å². The minimum Gasteiger partial charge on any atom is -0.497 e. The quantitative estimate of drug-likeness (QED) is 0.668. The molecule has 0 aliphatic carbocycles. The van der Waals surface area contributed by atoms with E-state index in [1.54, 1.807) is 32.0 Å². The summed E-state index contributed by atoms with van der Waals surface area (Å²) in [4.78, 5) is 10.0. The van der Waals surface area contributed by atoms with Gasteiger partial charge in [0, 0.05) is 0 Å². The van der Waals surface area contributed by atoms with Crippen molar-refractivity contribution in [1.82, 2.24) is 0 Å². The van der Waals surface area contributed by atoms with Crippen molar-refractivity contribution in [3.63, 3.8) is 0 Å². The van der Waals surface area contributed by atoms with Gasteiger partial charge in [-0.05, 0) is 37.1 Å². The monoisotopic (exact) mass is 336 g/mol. The molecule has 0 bridgehead atoms. The fraction of sp³-hybridized carbons (Fsp3) is 0.200. The molecule has 2 rings (SSSR count). The van der Waals surface area contributed by atoms with Gasteiger partial charge in [0.25, 0.3) is 15.7 Å². The molecule has 23 heavy (non-hydrogen) atoms. The number of anilines is 1. The first kappa shape index (κ1) is 16.8. The van der Waals surface area contributed by atoms with E-state index in [2.05, 4.69) is 4.72 Å². The highest BCUT2D eigenvalue weighted by molar-refractivity contribution is 7.92. The van der Waals surface area contributed by atoms with Crippen LogP contribution in [-0.2, 0) is 10.0 Å². The lowest BCUT2D eigenvalue weighted by Gasteiger charge is -2.13. The Bertz CT molecular complexity index is 842. The Kier molecular flexibility index (Phi) is 4.55. The third kappa shape index (κ3) is 3.42. The number of nitrogens with zero attached hydrogens (tertiary/aromatic N) is 1. The molecule has 0 aliphatic heterocycles. The third-order valence-electron chi connectivity index (χ3n) is 3.37. The van der Waals surface area contributed by atoms with E-state index in [1.165, 1.54) is 13.2 Å². The van der Waals surface area contributed by atoms with E-state index in [-0.39, 0.29) is 5.75 Å². The van der Waals surface area contributed by atoms with Crippen LogP contribution in [0.1, 0.15) is 11.1 Å². The highest BCUT2D eigenvalue weighted by atomic mass is 32.2. The van der Waals surface area contributed by atoms with Crippen LogP contribution in [0.15, 0.2) is 41.3 Å². The van der Waals surface area contributed by atoms with Gasteiger partial charge in [0.05, 0.1) is 23.8 Å². The van der Waals surface area contributed by atoms with Gasteiger partial charge in [-0.2, -0.15) is 0 Å². The van der Waals surface area contributed by atoms with Crippen LogP contribution in [0.4, 0.5) is 11.4 Å². The fourth-order valence-electron chi connectivity index (χ4n) is 2.16. The predicted octanol–water partition coefficient (Wildman–Crippen LogP) is 3.02. The first-order chi connectivity index (χ1) is 10.8. The van der Waals surface area contributed by atoms with E-state index >= 15 is 0 Å². The van der Waals surface area contributed by atoms with Crippen molar-refractivity contribution in [3.8, 4) is 5.75 Å². The van der Waals surface area contributed by atoms with Gasteiger partial charge in [0.15, 0.2) is 4.90 Å². The molecule has 2 aromatic rings. The second-order valence-corrected chi connectivity index (χ2v) is 6.61. The van der Waals surface area contributed by atoms with Gasteiger partial charge < -0.3 is 4.74 Å². The summed E-state index contributed by atoms with van der Waals surface area (Å²) in [5, 5.41) is 11.2. The lowest BCUT2D eigenvalue weighted by molar-refractivity contribution is -0.387. The number of ether oxygens (including phenoxy) is 1. The highest BCUT2D eigenvalue weighted by Crippen LogP contribution is 2.31. The number of benzene rings is 2. The molecule has 0 aromatic heterocycles. The fourth-order valence-corrected chi connectivity index (χ4v) is 3.52. The van der Waals surface area contributed by atoms with Crippen LogP contribution >= 0.6 is 0 Å². The Balaban J connectivity index is 2.54. The lowest BCUT2D eigenvalue weighted by Crippen LogP contribution is -2.16. The van der Waals surface area contributed by atoms with Crippen molar-refractivity contribution in [2.45, 2.75) is 18.7 Å².